The van der Waals surface area contributed by atoms with Crippen LogP contribution in [0.5, 0.6) is 0 Å². The molecular weight excluding hydrogens is 234 g/mol. The molecule has 0 aliphatic heterocycles. The van der Waals surface area contributed by atoms with Crippen LogP contribution < -0.4 is 10.2 Å². The normalized spacial score (nSPS) is 11.9. The summed E-state index contributed by atoms with van der Waals surface area (Å²) >= 11 is 0. The SMILES string of the molecule is C=CC([O-])=NCCCN(C)C.[NH3+]S(=O)(=O)O. The molecule has 0 aliphatic carbocycles. The molecule has 0 rings (SSSR count). The van der Waals surface area contributed by atoms with Crippen LogP contribution >= 0.6 is 0 Å². The molecule has 0 bridgehead atoms. The number of aliphatic imine (C=N–C) groups is 1. The Kier molecular flexibility index (Phi) is 10.1. The first kappa shape index (κ1) is 17.4. The highest BCUT2D eigenvalue weighted by Gasteiger charge is 1.88. The van der Waals surface area contributed by atoms with Crippen LogP contribution in [0.1, 0.15) is 6.42 Å². The monoisotopic (exact) mass is 253 g/mol. The van der Waals surface area contributed by atoms with Crippen molar-refractivity contribution in [1.82, 2.24) is 4.90 Å². The van der Waals surface area contributed by atoms with Gasteiger partial charge in [0.2, 0.25) is 0 Å². The molecular formula is C8H19N3O4S. The van der Waals surface area contributed by atoms with Crippen LogP contribution in [0.2, 0.25) is 0 Å². The minimum absolute atomic E-state index is 0.219. The van der Waals surface area contributed by atoms with Gasteiger partial charge in [0.25, 0.3) is 0 Å². The largest absolute Gasteiger partial charge is 0.859 e. The lowest BCUT2D eigenvalue weighted by Gasteiger charge is -2.08. The Balaban J connectivity index is 0. The van der Waals surface area contributed by atoms with Crippen molar-refractivity contribution in [3.05, 3.63) is 12.7 Å². The third-order valence-electron chi connectivity index (χ3n) is 1.21. The molecule has 96 valence electrons. The highest BCUT2D eigenvalue weighted by Crippen LogP contribution is 1.84. The van der Waals surface area contributed by atoms with E-state index in [0.717, 1.165) is 13.0 Å². The fourth-order valence-corrected chi connectivity index (χ4v) is 0.641. The van der Waals surface area contributed by atoms with E-state index in [2.05, 4.69) is 21.6 Å². The second kappa shape index (κ2) is 9.28. The molecule has 0 spiro atoms. The fraction of sp³-hybridized carbons (Fsp3) is 0.625. The molecule has 8 heteroatoms. The van der Waals surface area contributed by atoms with Gasteiger partial charge in [-0.2, -0.15) is 0 Å². The first-order valence-corrected chi connectivity index (χ1v) is 6.07. The molecule has 0 aromatic rings. The van der Waals surface area contributed by atoms with Gasteiger partial charge in [0.15, 0.2) is 0 Å². The van der Waals surface area contributed by atoms with Crippen molar-refractivity contribution in [2.45, 2.75) is 6.42 Å². The summed E-state index contributed by atoms with van der Waals surface area (Å²) in [4.78, 5) is 5.79. The predicted molar refractivity (Wildman–Crippen MR) is 60.1 cm³/mol. The van der Waals surface area contributed by atoms with E-state index < -0.39 is 10.3 Å². The number of hydrogen-bond donors (Lipinski definition) is 2. The summed E-state index contributed by atoms with van der Waals surface area (Å²) in [6.45, 7) is 4.89. The summed E-state index contributed by atoms with van der Waals surface area (Å²) in [7, 11) is 0.0741. The number of nitrogens with zero attached hydrogens (tertiary/aromatic N) is 2. The van der Waals surface area contributed by atoms with Gasteiger partial charge < -0.3 is 15.0 Å². The van der Waals surface area contributed by atoms with Crippen molar-refractivity contribution in [2.24, 2.45) is 4.99 Å². The lowest BCUT2D eigenvalue weighted by Crippen LogP contribution is -2.55. The smallest absolute Gasteiger partial charge is 0.428 e. The molecule has 0 aromatic heterocycles. The standard InChI is InChI=1S/C8H16N2O.H3NO3S/c1-4-8(11)9-6-5-7-10(2)3;1-5(2,3)4/h4H,1,5-7H2,2-3H3,(H,9,11);(H3,1,2,3,4). The van der Waals surface area contributed by atoms with Gasteiger partial charge in [-0.05, 0) is 33.0 Å². The van der Waals surface area contributed by atoms with Crippen molar-refractivity contribution < 1.29 is 23.2 Å². The van der Waals surface area contributed by atoms with Crippen molar-refractivity contribution in [1.29, 1.82) is 0 Å². The summed E-state index contributed by atoms with van der Waals surface area (Å²) < 4.78 is 25.5. The van der Waals surface area contributed by atoms with Crippen LogP contribution in [-0.2, 0) is 10.3 Å². The number of rotatable bonds is 5. The molecule has 16 heavy (non-hydrogen) atoms. The van der Waals surface area contributed by atoms with Gasteiger partial charge in [0.1, 0.15) is 0 Å². The molecule has 0 saturated carbocycles. The van der Waals surface area contributed by atoms with E-state index in [9.17, 15) is 5.11 Å². The Bertz CT molecular complexity index is 303. The van der Waals surface area contributed by atoms with Gasteiger partial charge in [-0.3, -0.25) is 0 Å². The van der Waals surface area contributed by atoms with E-state index in [1.165, 1.54) is 6.08 Å². The van der Waals surface area contributed by atoms with Gasteiger partial charge in [-0.25, -0.2) is 9.69 Å². The first-order valence-electron chi connectivity index (χ1n) is 4.46. The van der Waals surface area contributed by atoms with Crippen molar-refractivity contribution in [2.75, 3.05) is 27.2 Å². The molecule has 0 radical (unpaired) electrons. The van der Waals surface area contributed by atoms with Crippen LogP contribution in [0, 0.1) is 0 Å². The van der Waals surface area contributed by atoms with Crippen molar-refractivity contribution in [3.63, 3.8) is 0 Å². The molecule has 0 amide bonds. The molecule has 0 atom stereocenters. The van der Waals surface area contributed by atoms with Crippen molar-refractivity contribution in [3.8, 4) is 0 Å². The second-order valence-electron chi connectivity index (χ2n) is 3.16. The molecule has 4 N–H and O–H groups in total. The maximum atomic E-state index is 10.6. The molecule has 0 saturated heterocycles. The van der Waals surface area contributed by atoms with Gasteiger partial charge in [0, 0.05) is 6.54 Å². The van der Waals surface area contributed by atoms with Gasteiger partial charge in [0.05, 0.1) is 0 Å². The van der Waals surface area contributed by atoms with Gasteiger partial charge >= 0.3 is 10.3 Å². The Morgan fingerprint density at radius 1 is 1.62 bits per heavy atom. The summed E-state index contributed by atoms with van der Waals surface area (Å²) in [6.07, 6.45) is 2.15. The summed E-state index contributed by atoms with van der Waals surface area (Å²) in [5.74, 6) is -0.219. The maximum absolute atomic E-state index is 10.6. The minimum atomic E-state index is -3.92. The Hall–Kier alpha value is -0.960. The van der Waals surface area contributed by atoms with E-state index in [4.69, 9.17) is 13.0 Å². The fourth-order valence-electron chi connectivity index (χ4n) is 0.641. The van der Waals surface area contributed by atoms with Crippen molar-refractivity contribution >= 4 is 16.2 Å². The van der Waals surface area contributed by atoms with Crippen LogP contribution in [0.4, 0.5) is 0 Å². The topological polar surface area (TPSA) is 121 Å². The highest BCUT2D eigenvalue weighted by atomic mass is 32.2. The lowest BCUT2D eigenvalue weighted by atomic mass is 10.4. The zero-order chi connectivity index (χ0) is 13.2. The zero-order valence-electron chi connectivity index (χ0n) is 9.59. The van der Waals surface area contributed by atoms with Crippen LogP contribution in [0.3, 0.4) is 0 Å². The van der Waals surface area contributed by atoms with Crippen LogP contribution in [-0.4, -0.2) is 51.0 Å². The van der Waals surface area contributed by atoms with E-state index in [0.29, 0.717) is 6.54 Å². The lowest BCUT2D eigenvalue weighted by molar-refractivity contribution is -0.212. The Morgan fingerprint density at radius 2 is 2.06 bits per heavy atom. The first-order chi connectivity index (χ1) is 7.16. The highest BCUT2D eigenvalue weighted by molar-refractivity contribution is 7.78. The second-order valence-corrected chi connectivity index (χ2v) is 4.33. The zero-order valence-corrected chi connectivity index (χ0v) is 10.4. The molecule has 0 aromatic carbocycles. The number of quaternary nitrogens is 1. The third-order valence-corrected chi connectivity index (χ3v) is 1.21. The third kappa shape index (κ3) is 29.2. The predicted octanol–water partition coefficient (Wildman–Crippen LogP) is -2.09. The molecule has 7 nitrogen and oxygen atoms in total. The van der Waals surface area contributed by atoms with E-state index in [-0.39, 0.29) is 5.90 Å². The summed E-state index contributed by atoms with van der Waals surface area (Å²) in [5.41, 5.74) is 0. The van der Waals surface area contributed by atoms with Gasteiger partial charge in [-0.1, -0.05) is 12.7 Å². The van der Waals surface area contributed by atoms with Crippen LogP contribution in [0.25, 0.3) is 0 Å². The van der Waals surface area contributed by atoms with Crippen LogP contribution in [0.15, 0.2) is 17.6 Å². The molecule has 0 aliphatic rings. The average molecular weight is 253 g/mol. The Labute approximate surface area is 96.2 Å². The van der Waals surface area contributed by atoms with Gasteiger partial charge in [-0.15, -0.1) is 8.42 Å². The number of hydrogen-bond acceptors (Lipinski definition) is 5. The Morgan fingerprint density at radius 3 is 2.38 bits per heavy atom. The average Bonchev–Trinajstić information content (AvgIpc) is 2.09. The minimum Gasteiger partial charge on any atom is -0.859 e. The molecule has 0 fully saturated rings. The van der Waals surface area contributed by atoms with E-state index in [1.54, 1.807) is 0 Å². The molecule has 0 unspecified atom stereocenters. The quantitative estimate of drug-likeness (QED) is 0.252. The maximum Gasteiger partial charge on any atom is 0.428 e. The summed E-state index contributed by atoms with van der Waals surface area (Å²) in [5, 5.41) is 12.9. The van der Waals surface area contributed by atoms with E-state index in [1.807, 2.05) is 14.1 Å². The van der Waals surface area contributed by atoms with E-state index >= 15 is 0 Å². The summed E-state index contributed by atoms with van der Waals surface area (Å²) in [6, 6.07) is 0. The molecule has 0 heterocycles.